The van der Waals surface area contributed by atoms with Crippen molar-refractivity contribution in [2.75, 3.05) is 14.2 Å². The van der Waals surface area contributed by atoms with Gasteiger partial charge in [-0.1, -0.05) is 11.6 Å². The highest BCUT2D eigenvalue weighted by atomic mass is 35.5. The van der Waals surface area contributed by atoms with E-state index in [1.165, 1.54) is 26.4 Å². The van der Waals surface area contributed by atoms with Gasteiger partial charge in [0.25, 0.3) is 0 Å². The van der Waals surface area contributed by atoms with Crippen molar-refractivity contribution in [3.05, 3.63) is 32.8 Å². The van der Waals surface area contributed by atoms with E-state index in [4.69, 9.17) is 21.1 Å². The third-order valence-corrected chi connectivity index (χ3v) is 2.20. The summed E-state index contributed by atoms with van der Waals surface area (Å²) in [5.41, 5.74) is 0.504. The summed E-state index contributed by atoms with van der Waals surface area (Å²) in [6, 6.07) is 2.76. The summed E-state index contributed by atoms with van der Waals surface area (Å²) in [6.45, 7) is 0.285. The average molecular weight is 232 g/mol. The van der Waals surface area contributed by atoms with Crippen molar-refractivity contribution < 1.29 is 14.4 Å². The van der Waals surface area contributed by atoms with Crippen molar-refractivity contribution in [2.45, 2.75) is 6.61 Å². The van der Waals surface area contributed by atoms with Gasteiger partial charge in [-0.15, -0.1) is 0 Å². The summed E-state index contributed by atoms with van der Waals surface area (Å²) in [7, 11) is 2.89. The molecule has 0 saturated carbocycles. The molecular weight excluding hydrogens is 222 g/mol. The molecule has 82 valence electrons. The number of rotatable bonds is 4. The fourth-order valence-corrected chi connectivity index (χ4v) is 1.37. The largest absolute Gasteiger partial charge is 0.490 e. The zero-order chi connectivity index (χ0) is 11.4. The number of halogens is 1. The Morgan fingerprint density at radius 1 is 1.47 bits per heavy atom. The molecule has 0 aliphatic rings. The first-order chi connectivity index (χ1) is 7.10. The number of hydrogen-bond acceptors (Lipinski definition) is 4. The van der Waals surface area contributed by atoms with E-state index in [-0.39, 0.29) is 18.0 Å². The Bertz CT molecular complexity index is 381. The van der Waals surface area contributed by atoms with E-state index in [2.05, 4.69) is 0 Å². The van der Waals surface area contributed by atoms with E-state index in [1.54, 1.807) is 0 Å². The molecule has 0 saturated heterocycles. The first-order valence-corrected chi connectivity index (χ1v) is 4.47. The number of nitrogens with zero attached hydrogens (tertiary/aromatic N) is 1. The van der Waals surface area contributed by atoms with Crippen molar-refractivity contribution in [1.29, 1.82) is 0 Å². The van der Waals surface area contributed by atoms with E-state index in [1.807, 2.05) is 0 Å². The van der Waals surface area contributed by atoms with Crippen LogP contribution in [0.25, 0.3) is 0 Å². The second-order valence-corrected chi connectivity index (χ2v) is 3.21. The molecule has 0 amide bonds. The lowest BCUT2D eigenvalue weighted by atomic mass is 10.2. The second kappa shape index (κ2) is 4.95. The Labute approximate surface area is 91.7 Å². The van der Waals surface area contributed by atoms with Gasteiger partial charge >= 0.3 is 5.69 Å². The average Bonchev–Trinajstić information content (AvgIpc) is 2.20. The molecule has 0 radical (unpaired) electrons. The first-order valence-electron chi connectivity index (χ1n) is 4.10. The summed E-state index contributed by atoms with van der Waals surface area (Å²) in [5, 5.41) is 10.9. The highest BCUT2D eigenvalue weighted by Gasteiger charge is 2.17. The van der Waals surface area contributed by atoms with E-state index < -0.39 is 4.92 Å². The third-order valence-electron chi connectivity index (χ3n) is 1.84. The van der Waals surface area contributed by atoms with Gasteiger partial charge in [-0.25, -0.2) is 0 Å². The molecule has 0 aromatic heterocycles. The van der Waals surface area contributed by atoms with Crippen LogP contribution in [-0.2, 0) is 11.3 Å². The van der Waals surface area contributed by atoms with Crippen LogP contribution in [0.3, 0.4) is 0 Å². The number of benzene rings is 1. The second-order valence-electron chi connectivity index (χ2n) is 2.81. The van der Waals surface area contributed by atoms with Crippen LogP contribution >= 0.6 is 11.6 Å². The third kappa shape index (κ3) is 2.57. The summed E-state index contributed by atoms with van der Waals surface area (Å²) in [6.07, 6.45) is 0. The number of hydrogen-bond donors (Lipinski definition) is 0. The zero-order valence-electron chi connectivity index (χ0n) is 8.32. The van der Waals surface area contributed by atoms with Crippen LogP contribution < -0.4 is 4.74 Å². The molecule has 0 N–H and O–H groups in total. The predicted octanol–water partition coefficient (Wildman–Crippen LogP) is 2.40. The maximum absolute atomic E-state index is 10.6. The number of nitro benzene ring substituents is 1. The lowest BCUT2D eigenvalue weighted by Crippen LogP contribution is -1.97. The monoisotopic (exact) mass is 231 g/mol. The maximum atomic E-state index is 10.6. The Morgan fingerprint density at radius 2 is 2.13 bits per heavy atom. The summed E-state index contributed by atoms with van der Waals surface area (Å²) >= 11 is 5.84. The molecule has 0 aliphatic heterocycles. The van der Waals surface area contributed by atoms with Gasteiger partial charge in [-0.3, -0.25) is 10.1 Å². The molecule has 0 fully saturated rings. The molecule has 0 aliphatic carbocycles. The molecular formula is C9H10ClNO4. The van der Waals surface area contributed by atoms with E-state index in [9.17, 15) is 10.1 Å². The number of nitro groups is 1. The molecule has 1 rings (SSSR count). The van der Waals surface area contributed by atoms with Crippen LogP contribution in [-0.4, -0.2) is 19.1 Å². The molecule has 15 heavy (non-hydrogen) atoms. The van der Waals surface area contributed by atoms with E-state index in [0.717, 1.165) is 0 Å². The lowest BCUT2D eigenvalue weighted by molar-refractivity contribution is -0.385. The predicted molar refractivity (Wildman–Crippen MR) is 55.4 cm³/mol. The standard InChI is InChI=1S/C9H10ClNO4/c1-14-5-6-3-9(15-2)8(11(12)13)4-7(6)10/h3-4H,5H2,1-2H3. The first kappa shape index (κ1) is 11.7. The van der Waals surface area contributed by atoms with Crippen molar-refractivity contribution in [3.63, 3.8) is 0 Å². The Hall–Kier alpha value is -1.33. The van der Waals surface area contributed by atoms with Gasteiger partial charge in [0, 0.05) is 18.7 Å². The molecule has 0 unspecified atom stereocenters. The maximum Gasteiger partial charge on any atom is 0.312 e. The Morgan fingerprint density at radius 3 is 2.60 bits per heavy atom. The molecule has 1 aromatic carbocycles. The van der Waals surface area contributed by atoms with Gasteiger partial charge < -0.3 is 9.47 Å². The minimum atomic E-state index is -0.540. The molecule has 6 heteroatoms. The molecule has 0 atom stereocenters. The summed E-state index contributed by atoms with van der Waals surface area (Å²) in [5.74, 6) is 0.177. The normalized spacial score (nSPS) is 10.1. The molecule has 0 heterocycles. The van der Waals surface area contributed by atoms with Crippen LogP contribution in [0.1, 0.15) is 5.56 Å². The highest BCUT2D eigenvalue weighted by molar-refractivity contribution is 6.31. The number of methoxy groups -OCH3 is 2. The molecule has 0 bridgehead atoms. The SMILES string of the molecule is COCc1cc(OC)c([N+](=O)[O-])cc1Cl. The Kier molecular flexibility index (Phi) is 3.88. The van der Waals surface area contributed by atoms with Gasteiger partial charge in [-0.2, -0.15) is 0 Å². The quantitative estimate of drug-likeness (QED) is 0.590. The van der Waals surface area contributed by atoms with Crippen LogP contribution in [0.15, 0.2) is 12.1 Å². The minimum absolute atomic E-state index is 0.151. The lowest BCUT2D eigenvalue weighted by Gasteiger charge is -2.06. The topological polar surface area (TPSA) is 61.6 Å². The Balaban J connectivity index is 3.22. The number of ether oxygens (including phenoxy) is 2. The summed E-state index contributed by atoms with van der Waals surface area (Å²) < 4.78 is 9.79. The fraction of sp³-hybridized carbons (Fsp3) is 0.333. The molecule has 0 spiro atoms. The van der Waals surface area contributed by atoms with Crippen molar-refractivity contribution in [2.24, 2.45) is 0 Å². The van der Waals surface area contributed by atoms with Crippen molar-refractivity contribution in [3.8, 4) is 5.75 Å². The van der Waals surface area contributed by atoms with Gasteiger partial charge in [0.1, 0.15) is 0 Å². The highest BCUT2D eigenvalue weighted by Crippen LogP contribution is 2.33. The summed E-state index contributed by atoms with van der Waals surface area (Å²) in [4.78, 5) is 10.1. The minimum Gasteiger partial charge on any atom is -0.490 e. The van der Waals surface area contributed by atoms with Crippen LogP contribution in [0.4, 0.5) is 5.69 Å². The van der Waals surface area contributed by atoms with E-state index >= 15 is 0 Å². The van der Waals surface area contributed by atoms with Gasteiger partial charge in [0.15, 0.2) is 5.75 Å². The smallest absolute Gasteiger partial charge is 0.312 e. The fourth-order valence-electron chi connectivity index (χ4n) is 1.16. The van der Waals surface area contributed by atoms with Crippen LogP contribution in [0.5, 0.6) is 5.75 Å². The zero-order valence-corrected chi connectivity index (χ0v) is 9.08. The van der Waals surface area contributed by atoms with Gasteiger partial charge in [-0.05, 0) is 6.07 Å². The van der Waals surface area contributed by atoms with Crippen LogP contribution in [0.2, 0.25) is 5.02 Å². The van der Waals surface area contributed by atoms with Crippen molar-refractivity contribution >= 4 is 17.3 Å². The van der Waals surface area contributed by atoms with Crippen molar-refractivity contribution in [1.82, 2.24) is 0 Å². The van der Waals surface area contributed by atoms with Gasteiger partial charge in [0.2, 0.25) is 0 Å². The molecule has 1 aromatic rings. The molecule has 5 nitrogen and oxygen atoms in total. The van der Waals surface area contributed by atoms with E-state index in [0.29, 0.717) is 10.6 Å². The van der Waals surface area contributed by atoms with Gasteiger partial charge in [0.05, 0.1) is 23.7 Å². The van der Waals surface area contributed by atoms with Crippen LogP contribution in [0, 0.1) is 10.1 Å².